The van der Waals surface area contributed by atoms with Gasteiger partial charge < -0.3 is 10.6 Å². The summed E-state index contributed by atoms with van der Waals surface area (Å²) >= 11 is 0. The van der Waals surface area contributed by atoms with Gasteiger partial charge in [-0.2, -0.15) is 0 Å². The number of benzene rings is 1. The van der Waals surface area contributed by atoms with E-state index in [1.165, 1.54) is 18.2 Å². The first-order valence-electron chi connectivity index (χ1n) is 6.56. The number of hydrogen-bond donors (Lipinski definition) is 1. The summed E-state index contributed by atoms with van der Waals surface area (Å²) in [5.41, 5.74) is 5.48. The Bertz CT molecular complexity index is 445. The summed E-state index contributed by atoms with van der Waals surface area (Å²) < 4.78 is 27.0. The Labute approximate surface area is 111 Å². The molecule has 5 heteroatoms. The highest BCUT2D eigenvalue weighted by molar-refractivity contribution is 5.79. The van der Waals surface area contributed by atoms with E-state index in [-0.39, 0.29) is 23.9 Å². The molecule has 1 aliphatic rings. The molecule has 1 fully saturated rings. The quantitative estimate of drug-likeness (QED) is 0.909. The summed E-state index contributed by atoms with van der Waals surface area (Å²) in [4.78, 5) is 13.8. The Hall–Kier alpha value is -1.49. The van der Waals surface area contributed by atoms with Crippen LogP contribution in [0.4, 0.5) is 8.78 Å². The van der Waals surface area contributed by atoms with Crippen molar-refractivity contribution in [2.45, 2.75) is 31.7 Å². The van der Waals surface area contributed by atoms with E-state index in [9.17, 15) is 13.6 Å². The van der Waals surface area contributed by atoms with Crippen LogP contribution in [0.15, 0.2) is 18.2 Å². The molecule has 1 aromatic rings. The lowest BCUT2D eigenvalue weighted by Crippen LogP contribution is -2.48. The highest BCUT2D eigenvalue weighted by atomic mass is 19.1. The van der Waals surface area contributed by atoms with E-state index in [0.717, 1.165) is 19.3 Å². The summed E-state index contributed by atoms with van der Waals surface area (Å²) in [5, 5.41) is 0. The summed E-state index contributed by atoms with van der Waals surface area (Å²) in [6, 6.07) is 3.63. The Kier molecular flexibility index (Phi) is 4.47. The minimum Gasteiger partial charge on any atom is -0.338 e. The van der Waals surface area contributed by atoms with Crippen LogP contribution in [0.1, 0.15) is 24.8 Å². The van der Waals surface area contributed by atoms with Crippen molar-refractivity contribution in [3.05, 3.63) is 35.4 Å². The number of rotatable bonds is 3. The van der Waals surface area contributed by atoms with Crippen molar-refractivity contribution in [2.24, 2.45) is 5.73 Å². The number of piperidine rings is 1. The second-order valence-corrected chi connectivity index (χ2v) is 4.85. The topological polar surface area (TPSA) is 46.3 Å². The molecule has 1 saturated heterocycles. The van der Waals surface area contributed by atoms with Crippen molar-refractivity contribution in [3.8, 4) is 0 Å². The van der Waals surface area contributed by atoms with Gasteiger partial charge >= 0.3 is 0 Å². The van der Waals surface area contributed by atoms with Crippen LogP contribution in [-0.2, 0) is 11.2 Å². The molecule has 104 valence electrons. The van der Waals surface area contributed by atoms with Crippen molar-refractivity contribution >= 4 is 5.91 Å². The largest absolute Gasteiger partial charge is 0.338 e. The molecule has 3 nitrogen and oxygen atoms in total. The fraction of sp³-hybridized carbons (Fsp3) is 0.500. The van der Waals surface area contributed by atoms with Gasteiger partial charge in [0.1, 0.15) is 11.6 Å². The van der Waals surface area contributed by atoms with Gasteiger partial charge in [-0.15, -0.1) is 0 Å². The zero-order valence-electron chi connectivity index (χ0n) is 10.7. The minimum absolute atomic E-state index is 0.00363. The molecule has 1 heterocycles. The maximum atomic E-state index is 13.5. The molecule has 0 radical (unpaired) electrons. The zero-order valence-corrected chi connectivity index (χ0v) is 10.7. The van der Waals surface area contributed by atoms with Crippen LogP contribution < -0.4 is 5.73 Å². The maximum Gasteiger partial charge on any atom is 0.227 e. The minimum atomic E-state index is -0.672. The van der Waals surface area contributed by atoms with E-state index in [0.29, 0.717) is 13.1 Å². The van der Waals surface area contributed by atoms with Gasteiger partial charge in [-0.3, -0.25) is 4.79 Å². The second kappa shape index (κ2) is 6.10. The van der Waals surface area contributed by atoms with Gasteiger partial charge in [-0.25, -0.2) is 8.78 Å². The summed E-state index contributed by atoms with van der Waals surface area (Å²) in [5.74, 6) is -1.59. The lowest BCUT2D eigenvalue weighted by molar-refractivity contribution is -0.134. The van der Waals surface area contributed by atoms with E-state index < -0.39 is 11.6 Å². The summed E-state index contributed by atoms with van der Waals surface area (Å²) in [7, 11) is 0. The highest BCUT2D eigenvalue weighted by Crippen LogP contribution is 2.19. The van der Waals surface area contributed by atoms with Gasteiger partial charge in [0.2, 0.25) is 5.91 Å². The monoisotopic (exact) mass is 268 g/mol. The van der Waals surface area contributed by atoms with Crippen molar-refractivity contribution in [1.82, 2.24) is 4.90 Å². The molecule has 1 amide bonds. The Morgan fingerprint density at radius 1 is 1.32 bits per heavy atom. The Balaban J connectivity index is 2.12. The molecule has 19 heavy (non-hydrogen) atoms. The van der Waals surface area contributed by atoms with Crippen LogP contribution >= 0.6 is 0 Å². The number of likely N-dealkylation sites (tertiary alicyclic amines) is 1. The lowest BCUT2D eigenvalue weighted by Gasteiger charge is -2.35. The molecule has 0 aromatic heterocycles. The van der Waals surface area contributed by atoms with Gasteiger partial charge in [0, 0.05) is 24.7 Å². The number of nitrogens with two attached hydrogens (primary N) is 1. The fourth-order valence-corrected chi connectivity index (χ4v) is 2.53. The third-order valence-corrected chi connectivity index (χ3v) is 3.61. The molecular weight excluding hydrogens is 250 g/mol. The molecule has 0 spiro atoms. The van der Waals surface area contributed by atoms with Gasteiger partial charge in [-0.05, 0) is 31.4 Å². The van der Waals surface area contributed by atoms with E-state index in [1.807, 2.05) is 0 Å². The standard InChI is InChI=1S/C14H18F2N2O/c15-12-5-3-6-13(16)11(12)8-14(19)18-7-2-1-4-10(18)9-17/h3,5-6,10H,1-2,4,7-9,17H2. The molecule has 1 atom stereocenters. The average Bonchev–Trinajstić information content (AvgIpc) is 2.42. The first kappa shape index (κ1) is 13.9. The fourth-order valence-electron chi connectivity index (χ4n) is 2.53. The van der Waals surface area contributed by atoms with Crippen LogP contribution in [0.25, 0.3) is 0 Å². The number of carbonyl (C=O) groups is 1. The SMILES string of the molecule is NCC1CCCCN1C(=O)Cc1c(F)cccc1F. The molecule has 0 saturated carbocycles. The predicted octanol–water partition coefficient (Wildman–Crippen LogP) is 1.85. The molecule has 2 rings (SSSR count). The van der Waals surface area contributed by atoms with Gasteiger partial charge in [0.25, 0.3) is 0 Å². The maximum absolute atomic E-state index is 13.5. The van der Waals surface area contributed by atoms with E-state index in [1.54, 1.807) is 4.90 Å². The zero-order chi connectivity index (χ0) is 13.8. The van der Waals surface area contributed by atoms with E-state index in [4.69, 9.17) is 5.73 Å². The third kappa shape index (κ3) is 3.10. The number of carbonyl (C=O) groups excluding carboxylic acids is 1. The van der Waals surface area contributed by atoms with Gasteiger partial charge in [0.15, 0.2) is 0 Å². The molecule has 1 aromatic carbocycles. The first-order chi connectivity index (χ1) is 9.13. The highest BCUT2D eigenvalue weighted by Gasteiger charge is 2.26. The molecule has 1 unspecified atom stereocenters. The van der Waals surface area contributed by atoms with Crippen LogP contribution in [-0.4, -0.2) is 29.9 Å². The van der Waals surface area contributed by atoms with Crippen molar-refractivity contribution in [1.29, 1.82) is 0 Å². The van der Waals surface area contributed by atoms with Crippen LogP contribution in [0.3, 0.4) is 0 Å². The summed E-state index contributed by atoms with van der Waals surface area (Å²) in [6.07, 6.45) is 2.58. The third-order valence-electron chi connectivity index (χ3n) is 3.61. The van der Waals surface area contributed by atoms with Crippen molar-refractivity contribution < 1.29 is 13.6 Å². The number of halogens is 2. The van der Waals surface area contributed by atoms with Crippen LogP contribution in [0.2, 0.25) is 0 Å². The van der Waals surface area contributed by atoms with Crippen LogP contribution in [0, 0.1) is 11.6 Å². The molecule has 0 aliphatic carbocycles. The van der Waals surface area contributed by atoms with Crippen molar-refractivity contribution in [2.75, 3.05) is 13.1 Å². The second-order valence-electron chi connectivity index (χ2n) is 4.85. The molecule has 2 N–H and O–H groups in total. The van der Waals surface area contributed by atoms with E-state index in [2.05, 4.69) is 0 Å². The Morgan fingerprint density at radius 3 is 2.63 bits per heavy atom. The van der Waals surface area contributed by atoms with Crippen LogP contribution in [0.5, 0.6) is 0 Å². The summed E-state index contributed by atoms with van der Waals surface area (Å²) in [6.45, 7) is 1.02. The Morgan fingerprint density at radius 2 is 2.00 bits per heavy atom. The molecular formula is C14H18F2N2O. The van der Waals surface area contributed by atoms with Gasteiger partial charge in [-0.1, -0.05) is 6.07 Å². The normalized spacial score (nSPS) is 19.5. The number of hydrogen-bond acceptors (Lipinski definition) is 2. The van der Waals surface area contributed by atoms with Crippen molar-refractivity contribution in [3.63, 3.8) is 0 Å². The van der Waals surface area contributed by atoms with E-state index >= 15 is 0 Å². The number of nitrogens with zero attached hydrogens (tertiary/aromatic N) is 1. The van der Waals surface area contributed by atoms with Gasteiger partial charge in [0.05, 0.1) is 6.42 Å². The molecule has 0 bridgehead atoms. The number of amides is 1. The lowest BCUT2D eigenvalue weighted by atomic mass is 10.0. The first-order valence-corrected chi connectivity index (χ1v) is 6.56. The average molecular weight is 268 g/mol. The predicted molar refractivity (Wildman–Crippen MR) is 68.5 cm³/mol. The smallest absolute Gasteiger partial charge is 0.227 e. The molecule has 1 aliphatic heterocycles.